The molecule has 1 aliphatic carbocycles. The van der Waals surface area contributed by atoms with Gasteiger partial charge in [-0.15, -0.1) is 0 Å². The zero-order valence-electron chi connectivity index (χ0n) is 10.9. The molecule has 0 spiro atoms. The number of nitrogens with two attached hydrogens (primary N) is 1. The van der Waals surface area contributed by atoms with E-state index in [4.69, 9.17) is 5.73 Å². The second kappa shape index (κ2) is 5.86. The van der Waals surface area contributed by atoms with E-state index in [0.29, 0.717) is 12.1 Å². The predicted molar refractivity (Wildman–Crippen MR) is 66.9 cm³/mol. The summed E-state index contributed by atoms with van der Waals surface area (Å²) in [6, 6.07) is 1.28. The molecule has 0 saturated heterocycles. The van der Waals surface area contributed by atoms with E-state index >= 15 is 0 Å². The molecule has 0 aromatic carbocycles. The molecule has 0 heterocycles. The standard InChI is InChI=1S/C13H28N2/c1-10(2)8-11(3)15(4)13(9-14)12-6-5-7-12/h10-13H,5-9,14H2,1-4H3. The lowest BCUT2D eigenvalue weighted by Crippen LogP contribution is -2.49. The van der Waals surface area contributed by atoms with Gasteiger partial charge in [0.15, 0.2) is 0 Å². The minimum atomic E-state index is 0.618. The fraction of sp³-hybridized carbons (Fsp3) is 1.00. The maximum atomic E-state index is 5.91. The van der Waals surface area contributed by atoms with Crippen molar-refractivity contribution < 1.29 is 0 Å². The fourth-order valence-electron chi connectivity index (χ4n) is 2.69. The van der Waals surface area contributed by atoms with E-state index in [1.54, 1.807) is 0 Å². The molecule has 0 aliphatic heterocycles. The Morgan fingerprint density at radius 1 is 1.27 bits per heavy atom. The van der Waals surface area contributed by atoms with Gasteiger partial charge in [0.2, 0.25) is 0 Å². The van der Waals surface area contributed by atoms with Crippen molar-refractivity contribution in [3.63, 3.8) is 0 Å². The summed E-state index contributed by atoms with van der Waals surface area (Å²) in [7, 11) is 2.25. The summed E-state index contributed by atoms with van der Waals surface area (Å²) < 4.78 is 0. The van der Waals surface area contributed by atoms with Crippen LogP contribution in [0.3, 0.4) is 0 Å². The number of nitrogens with zero attached hydrogens (tertiary/aromatic N) is 1. The van der Waals surface area contributed by atoms with Gasteiger partial charge in [0.25, 0.3) is 0 Å². The van der Waals surface area contributed by atoms with E-state index < -0.39 is 0 Å². The molecular formula is C13H28N2. The molecular weight excluding hydrogens is 184 g/mol. The zero-order valence-corrected chi connectivity index (χ0v) is 10.9. The van der Waals surface area contributed by atoms with Gasteiger partial charge in [-0.25, -0.2) is 0 Å². The fourth-order valence-corrected chi connectivity index (χ4v) is 2.69. The van der Waals surface area contributed by atoms with Crippen LogP contribution >= 0.6 is 0 Å². The minimum Gasteiger partial charge on any atom is -0.329 e. The first-order valence-electron chi connectivity index (χ1n) is 6.48. The monoisotopic (exact) mass is 212 g/mol. The van der Waals surface area contributed by atoms with E-state index in [0.717, 1.165) is 18.4 Å². The van der Waals surface area contributed by atoms with Crippen molar-refractivity contribution in [1.82, 2.24) is 4.90 Å². The van der Waals surface area contributed by atoms with Crippen molar-refractivity contribution in [3.05, 3.63) is 0 Å². The highest BCUT2D eigenvalue weighted by Crippen LogP contribution is 2.32. The van der Waals surface area contributed by atoms with Crippen LogP contribution in [0.2, 0.25) is 0 Å². The minimum absolute atomic E-state index is 0.618. The first kappa shape index (κ1) is 13.0. The van der Waals surface area contributed by atoms with Gasteiger partial charge < -0.3 is 5.73 Å². The highest BCUT2D eigenvalue weighted by molar-refractivity contribution is 4.86. The lowest BCUT2D eigenvalue weighted by molar-refractivity contribution is 0.0849. The summed E-state index contributed by atoms with van der Waals surface area (Å²) in [4.78, 5) is 2.52. The van der Waals surface area contributed by atoms with Crippen molar-refractivity contribution in [3.8, 4) is 0 Å². The average molecular weight is 212 g/mol. The Morgan fingerprint density at radius 3 is 2.20 bits per heavy atom. The molecule has 0 bridgehead atoms. The predicted octanol–water partition coefficient (Wildman–Crippen LogP) is 2.48. The SMILES string of the molecule is CC(C)CC(C)N(C)C(CN)C1CCC1. The Kier molecular flexibility index (Phi) is 5.07. The van der Waals surface area contributed by atoms with Crippen LogP contribution < -0.4 is 5.73 Å². The lowest BCUT2D eigenvalue weighted by atomic mass is 9.78. The van der Waals surface area contributed by atoms with E-state index in [-0.39, 0.29) is 0 Å². The quantitative estimate of drug-likeness (QED) is 0.733. The number of rotatable bonds is 6. The van der Waals surface area contributed by atoms with E-state index in [9.17, 15) is 0 Å². The molecule has 1 rings (SSSR count). The van der Waals surface area contributed by atoms with E-state index in [1.807, 2.05) is 0 Å². The smallest absolute Gasteiger partial charge is 0.0246 e. The normalized spacial score (nSPS) is 21.8. The Balaban J connectivity index is 2.43. The van der Waals surface area contributed by atoms with Gasteiger partial charge in [-0.05, 0) is 45.1 Å². The molecule has 15 heavy (non-hydrogen) atoms. The average Bonchev–Trinajstić information content (AvgIpc) is 2.08. The highest BCUT2D eigenvalue weighted by Gasteiger charge is 2.30. The lowest BCUT2D eigenvalue weighted by Gasteiger charge is -2.42. The van der Waals surface area contributed by atoms with E-state index in [1.165, 1.54) is 25.7 Å². The van der Waals surface area contributed by atoms with Gasteiger partial charge in [-0.1, -0.05) is 20.3 Å². The van der Waals surface area contributed by atoms with Gasteiger partial charge in [-0.3, -0.25) is 4.90 Å². The Labute approximate surface area is 95.2 Å². The van der Waals surface area contributed by atoms with Gasteiger partial charge >= 0.3 is 0 Å². The van der Waals surface area contributed by atoms with Crippen molar-refractivity contribution in [2.75, 3.05) is 13.6 Å². The summed E-state index contributed by atoms with van der Waals surface area (Å²) in [6.07, 6.45) is 5.47. The first-order valence-corrected chi connectivity index (χ1v) is 6.48. The number of hydrogen-bond acceptors (Lipinski definition) is 2. The maximum Gasteiger partial charge on any atom is 0.0246 e. The molecule has 0 amide bonds. The highest BCUT2D eigenvalue weighted by atomic mass is 15.2. The molecule has 90 valence electrons. The van der Waals surface area contributed by atoms with Crippen LogP contribution in [-0.4, -0.2) is 30.6 Å². The summed E-state index contributed by atoms with van der Waals surface area (Å²) in [5.41, 5.74) is 5.91. The summed E-state index contributed by atoms with van der Waals surface area (Å²) in [6.45, 7) is 7.75. The number of hydrogen-bond donors (Lipinski definition) is 1. The Morgan fingerprint density at radius 2 is 1.87 bits per heavy atom. The van der Waals surface area contributed by atoms with Crippen LogP contribution in [0, 0.1) is 11.8 Å². The second-order valence-corrected chi connectivity index (χ2v) is 5.64. The van der Waals surface area contributed by atoms with Crippen LogP contribution in [0.5, 0.6) is 0 Å². The van der Waals surface area contributed by atoms with Crippen LogP contribution in [0.25, 0.3) is 0 Å². The van der Waals surface area contributed by atoms with Crippen molar-refractivity contribution in [2.45, 2.75) is 58.5 Å². The van der Waals surface area contributed by atoms with Crippen molar-refractivity contribution in [2.24, 2.45) is 17.6 Å². The van der Waals surface area contributed by atoms with Crippen LogP contribution in [-0.2, 0) is 0 Å². The molecule has 2 nitrogen and oxygen atoms in total. The molecule has 1 fully saturated rings. The van der Waals surface area contributed by atoms with Crippen molar-refractivity contribution >= 4 is 0 Å². The molecule has 2 N–H and O–H groups in total. The second-order valence-electron chi connectivity index (χ2n) is 5.64. The molecule has 2 heteroatoms. The molecule has 0 aromatic heterocycles. The zero-order chi connectivity index (χ0) is 11.4. The van der Waals surface area contributed by atoms with Gasteiger partial charge in [-0.2, -0.15) is 0 Å². The number of likely N-dealkylation sites (N-methyl/N-ethyl adjacent to an activating group) is 1. The molecule has 2 unspecified atom stereocenters. The molecule has 0 aromatic rings. The van der Waals surface area contributed by atoms with E-state index in [2.05, 4.69) is 32.7 Å². The third kappa shape index (κ3) is 3.46. The molecule has 0 radical (unpaired) electrons. The summed E-state index contributed by atoms with van der Waals surface area (Å²) in [5, 5.41) is 0. The molecule has 2 atom stereocenters. The van der Waals surface area contributed by atoms with Gasteiger partial charge in [0.1, 0.15) is 0 Å². The largest absolute Gasteiger partial charge is 0.329 e. The van der Waals surface area contributed by atoms with Crippen molar-refractivity contribution in [1.29, 1.82) is 0 Å². The van der Waals surface area contributed by atoms with Crippen LogP contribution in [0.4, 0.5) is 0 Å². The Bertz CT molecular complexity index is 175. The maximum absolute atomic E-state index is 5.91. The summed E-state index contributed by atoms with van der Waals surface area (Å²) in [5.74, 6) is 1.65. The van der Waals surface area contributed by atoms with Gasteiger partial charge in [0, 0.05) is 18.6 Å². The third-order valence-corrected chi connectivity index (χ3v) is 3.97. The Hall–Kier alpha value is -0.0800. The van der Waals surface area contributed by atoms with Crippen LogP contribution in [0.15, 0.2) is 0 Å². The molecule has 1 aliphatic rings. The van der Waals surface area contributed by atoms with Gasteiger partial charge in [0.05, 0.1) is 0 Å². The topological polar surface area (TPSA) is 29.3 Å². The summed E-state index contributed by atoms with van der Waals surface area (Å²) >= 11 is 0. The van der Waals surface area contributed by atoms with Crippen LogP contribution in [0.1, 0.15) is 46.5 Å². The third-order valence-electron chi connectivity index (χ3n) is 3.97. The first-order chi connectivity index (χ1) is 7.06. The molecule has 1 saturated carbocycles.